The summed E-state index contributed by atoms with van der Waals surface area (Å²) in [6, 6.07) is 7.23. The quantitative estimate of drug-likeness (QED) is 0.842. The van der Waals surface area contributed by atoms with Crippen LogP contribution in [0, 0.1) is 0 Å². The number of hydrogen-bond donors (Lipinski definition) is 1. The van der Waals surface area contributed by atoms with E-state index in [0.29, 0.717) is 23.8 Å². The first kappa shape index (κ1) is 17.0. The zero-order valence-electron chi connectivity index (χ0n) is 14.8. The fraction of sp³-hybridized carbons (Fsp3) is 0.389. The molecule has 25 heavy (non-hydrogen) atoms. The summed E-state index contributed by atoms with van der Waals surface area (Å²) >= 11 is 0. The molecule has 1 N–H and O–H groups in total. The van der Waals surface area contributed by atoms with E-state index < -0.39 is 6.04 Å². The number of nitrogens with one attached hydrogen (secondary N) is 1. The van der Waals surface area contributed by atoms with Crippen molar-refractivity contribution in [2.45, 2.75) is 39.8 Å². The third-order valence-electron chi connectivity index (χ3n) is 3.84. The molecule has 7 nitrogen and oxygen atoms in total. The first-order chi connectivity index (χ1) is 12.0. The summed E-state index contributed by atoms with van der Waals surface area (Å²) in [5.41, 5.74) is 2.10. The Kier molecular flexibility index (Phi) is 4.74. The van der Waals surface area contributed by atoms with Crippen LogP contribution in [0.25, 0.3) is 0 Å². The summed E-state index contributed by atoms with van der Waals surface area (Å²) in [6.45, 7) is 8.00. The van der Waals surface area contributed by atoms with Gasteiger partial charge in [0.2, 0.25) is 5.95 Å². The molecule has 0 aliphatic carbocycles. The van der Waals surface area contributed by atoms with Crippen molar-refractivity contribution in [2.75, 3.05) is 11.9 Å². The van der Waals surface area contributed by atoms with Gasteiger partial charge in [-0.25, -0.2) is 9.48 Å². The van der Waals surface area contributed by atoms with E-state index in [-0.39, 0.29) is 12.1 Å². The van der Waals surface area contributed by atoms with Gasteiger partial charge in [-0.15, -0.1) is 0 Å². The number of ether oxygens (including phenoxy) is 2. The van der Waals surface area contributed by atoms with E-state index in [1.165, 1.54) is 6.33 Å². The van der Waals surface area contributed by atoms with E-state index in [4.69, 9.17) is 9.47 Å². The van der Waals surface area contributed by atoms with E-state index in [9.17, 15) is 4.79 Å². The van der Waals surface area contributed by atoms with Crippen molar-refractivity contribution in [1.82, 2.24) is 14.8 Å². The van der Waals surface area contributed by atoms with Crippen LogP contribution in [0.5, 0.6) is 5.75 Å². The van der Waals surface area contributed by atoms with Crippen LogP contribution in [-0.2, 0) is 9.53 Å². The molecule has 1 atom stereocenters. The van der Waals surface area contributed by atoms with Crippen LogP contribution in [-0.4, -0.2) is 33.4 Å². The number of rotatable bonds is 5. The molecule has 0 spiro atoms. The van der Waals surface area contributed by atoms with Gasteiger partial charge in [0.25, 0.3) is 0 Å². The molecule has 2 aromatic rings. The molecule has 132 valence electrons. The summed E-state index contributed by atoms with van der Waals surface area (Å²) in [4.78, 5) is 17.0. The molecule has 1 aromatic heterocycles. The summed E-state index contributed by atoms with van der Waals surface area (Å²) in [7, 11) is 0. The van der Waals surface area contributed by atoms with Gasteiger partial charge in [-0.3, -0.25) is 0 Å². The Balaban J connectivity index is 2.09. The zero-order valence-corrected chi connectivity index (χ0v) is 14.8. The Bertz CT molecular complexity index is 810. The van der Waals surface area contributed by atoms with E-state index in [0.717, 1.165) is 11.3 Å². The molecular formula is C18H22N4O3. The maximum atomic E-state index is 12.7. The minimum atomic E-state index is -0.426. The Labute approximate surface area is 146 Å². The smallest absolute Gasteiger partial charge is 0.338 e. The Morgan fingerprint density at radius 1 is 1.40 bits per heavy atom. The van der Waals surface area contributed by atoms with E-state index in [1.54, 1.807) is 4.68 Å². The number of anilines is 1. The zero-order chi connectivity index (χ0) is 18.0. The molecular weight excluding hydrogens is 320 g/mol. The fourth-order valence-electron chi connectivity index (χ4n) is 2.88. The van der Waals surface area contributed by atoms with Gasteiger partial charge in [0.1, 0.15) is 18.1 Å². The average molecular weight is 342 g/mol. The molecule has 0 saturated heterocycles. The molecule has 1 aliphatic heterocycles. The molecule has 0 saturated carbocycles. The van der Waals surface area contributed by atoms with Gasteiger partial charge < -0.3 is 14.8 Å². The minimum absolute atomic E-state index is 0.208. The Morgan fingerprint density at radius 3 is 2.92 bits per heavy atom. The van der Waals surface area contributed by atoms with Gasteiger partial charge in [-0.1, -0.05) is 12.1 Å². The minimum Gasteiger partial charge on any atom is -0.494 e. The molecule has 0 fully saturated rings. The molecule has 7 heteroatoms. The summed E-state index contributed by atoms with van der Waals surface area (Å²) in [6.07, 6.45) is 1.26. The Morgan fingerprint density at radius 2 is 2.20 bits per heavy atom. The van der Waals surface area contributed by atoms with Gasteiger partial charge in [0, 0.05) is 5.70 Å². The van der Waals surface area contributed by atoms with Gasteiger partial charge in [-0.05, 0) is 45.4 Å². The number of carbonyl (C=O) groups is 1. The number of carbonyl (C=O) groups excluding carboxylic acids is 1. The van der Waals surface area contributed by atoms with Crippen LogP contribution in [0.15, 0.2) is 41.9 Å². The van der Waals surface area contributed by atoms with Gasteiger partial charge in [0.15, 0.2) is 0 Å². The second kappa shape index (κ2) is 6.96. The maximum Gasteiger partial charge on any atom is 0.338 e. The first-order valence-corrected chi connectivity index (χ1v) is 8.32. The number of nitrogens with zero attached hydrogens (tertiary/aromatic N) is 3. The molecule has 0 bridgehead atoms. The first-order valence-electron chi connectivity index (χ1n) is 8.32. The van der Waals surface area contributed by atoms with Crippen molar-refractivity contribution in [3.8, 4) is 5.75 Å². The lowest BCUT2D eigenvalue weighted by Crippen LogP contribution is -2.30. The van der Waals surface area contributed by atoms with Crippen molar-refractivity contribution in [2.24, 2.45) is 0 Å². The lowest BCUT2D eigenvalue weighted by atomic mass is 9.95. The average Bonchev–Trinajstić information content (AvgIpc) is 3.01. The van der Waals surface area contributed by atoms with Gasteiger partial charge in [0.05, 0.1) is 18.3 Å². The van der Waals surface area contributed by atoms with Crippen LogP contribution in [0.1, 0.15) is 39.3 Å². The molecule has 1 aromatic carbocycles. The van der Waals surface area contributed by atoms with Crippen molar-refractivity contribution in [3.63, 3.8) is 0 Å². The largest absolute Gasteiger partial charge is 0.494 e. The van der Waals surface area contributed by atoms with Crippen molar-refractivity contribution < 1.29 is 14.3 Å². The maximum absolute atomic E-state index is 12.7. The van der Waals surface area contributed by atoms with Crippen LogP contribution in [0.2, 0.25) is 0 Å². The highest BCUT2D eigenvalue weighted by atomic mass is 16.5. The normalized spacial score (nSPS) is 16.4. The van der Waals surface area contributed by atoms with E-state index in [1.807, 2.05) is 52.0 Å². The molecule has 0 amide bonds. The molecule has 3 rings (SSSR count). The molecule has 1 aliphatic rings. The third kappa shape index (κ3) is 3.35. The van der Waals surface area contributed by atoms with Crippen molar-refractivity contribution in [3.05, 3.63) is 47.4 Å². The number of fused-ring (bicyclic) bond motifs is 1. The lowest BCUT2D eigenvalue weighted by molar-refractivity contribution is -0.143. The number of aromatic nitrogens is 3. The SMILES string of the molecule is CCOc1cccc(C2C(C(=O)OC(C)C)=C(C)Nc3ncnn32)c1. The standard InChI is InChI=1S/C18H22N4O3/c1-5-24-14-8-6-7-13(9-14)16-15(17(23)25-11(2)3)12(4)21-18-19-10-20-22(16)18/h6-11,16H,5H2,1-4H3,(H,19,20,21). The van der Waals surface area contributed by atoms with Crippen molar-refractivity contribution >= 4 is 11.9 Å². The second-order valence-corrected chi connectivity index (χ2v) is 6.05. The van der Waals surface area contributed by atoms with Gasteiger partial charge >= 0.3 is 5.97 Å². The highest BCUT2D eigenvalue weighted by molar-refractivity contribution is 5.92. The van der Waals surface area contributed by atoms with Gasteiger partial charge in [-0.2, -0.15) is 10.1 Å². The van der Waals surface area contributed by atoms with Crippen molar-refractivity contribution in [1.29, 1.82) is 0 Å². The summed E-state index contributed by atoms with van der Waals surface area (Å²) < 4.78 is 12.7. The fourth-order valence-corrected chi connectivity index (χ4v) is 2.88. The highest BCUT2D eigenvalue weighted by Gasteiger charge is 2.34. The van der Waals surface area contributed by atoms with Crippen LogP contribution in [0.3, 0.4) is 0 Å². The van der Waals surface area contributed by atoms with Crippen LogP contribution >= 0.6 is 0 Å². The third-order valence-corrected chi connectivity index (χ3v) is 3.84. The molecule has 0 radical (unpaired) electrons. The predicted molar refractivity (Wildman–Crippen MR) is 93.3 cm³/mol. The lowest BCUT2D eigenvalue weighted by Gasteiger charge is -2.28. The monoisotopic (exact) mass is 342 g/mol. The number of esters is 1. The Hall–Kier alpha value is -2.83. The number of benzene rings is 1. The van der Waals surface area contributed by atoms with Crippen LogP contribution in [0.4, 0.5) is 5.95 Å². The summed E-state index contributed by atoms with van der Waals surface area (Å²) in [5.74, 6) is 0.966. The number of allylic oxidation sites excluding steroid dienone is 1. The number of hydrogen-bond acceptors (Lipinski definition) is 6. The molecule has 2 heterocycles. The van der Waals surface area contributed by atoms with E-state index in [2.05, 4.69) is 15.4 Å². The predicted octanol–water partition coefficient (Wildman–Crippen LogP) is 2.92. The van der Waals surface area contributed by atoms with E-state index >= 15 is 0 Å². The second-order valence-electron chi connectivity index (χ2n) is 6.05. The highest BCUT2D eigenvalue weighted by Crippen LogP contribution is 2.36. The summed E-state index contributed by atoms with van der Waals surface area (Å²) in [5, 5.41) is 7.42. The molecule has 1 unspecified atom stereocenters. The van der Waals surface area contributed by atoms with Crippen LogP contribution < -0.4 is 10.1 Å². The topological polar surface area (TPSA) is 78.3 Å².